The van der Waals surface area contributed by atoms with Crippen LogP contribution in [0.5, 0.6) is 0 Å². The number of carbonyl (C=O) groups excluding carboxylic acids is 1. The largest absolute Gasteiger partial charge is 0.323 e. The molecule has 106 valence electrons. The topological polar surface area (TPSA) is 72.2 Å². The number of carbonyl (C=O) groups is 1. The van der Waals surface area contributed by atoms with Crippen LogP contribution < -0.4 is 5.32 Å². The van der Waals surface area contributed by atoms with Crippen LogP contribution in [0, 0.1) is 0 Å². The quantitative estimate of drug-likeness (QED) is 0.591. The number of halogens is 1. The van der Waals surface area contributed by atoms with Gasteiger partial charge in [0.25, 0.3) is 0 Å². The summed E-state index contributed by atoms with van der Waals surface area (Å²) in [6, 6.07) is 9.03. The minimum absolute atomic E-state index is 0.178. The van der Waals surface area contributed by atoms with E-state index in [0.717, 1.165) is 5.65 Å². The molecule has 0 bridgehead atoms. The van der Waals surface area contributed by atoms with Crippen molar-refractivity contribution in [2.45, 2.75) is 5.16 Å². The van der Waals surface area contributed by atoms with Crippen LogP contribution in [0.2, 0.25) is 5.15 Å². The molecule has 0 aliphatic carbocycles. The maximum Gasteiger partial charge on any atom is 0.234 e. The number of hydrogen-bond donors (Lipinski definition) is 1. The summed E-state index contributed by atoms with van der Waals surface area (Å²) >= 11 is 7.19. The van der Waals surface area contributed by atoms with E-state index < -0.39 is 0 Å². The van der Waals surface area contributed by atoms with Gasteiger partial charge in [-0.15, -0.1) is 10.2 Å². The van der Waals surface area contributed by atoms with Crippen LogP contribution in [0.15, 0.2) is 47.9 Å². The first kappa shape index (κ1) is 13.8. The zero-order valence-corrected chi connectivity index (χ0v) is 12.3. The molecule has 0 fully saturated rings. The molecule has 6 nitrogen and oxygen atoms in total. The zero-order chi connectivity index (χ0) is 14.7. The molecule has 21 heavy (non-hydrogen) atoms. The minimum atomic E-state index is -0.178. The van der Waals surface area contributed by atoms with Crippen molar-refractivity contribution in [2.75, 3.05) is 11.1 Å². The molecule has 3 rings (SSSR count). The molecule has 0 saturated carbocycles. The normalized spacial score (nSPS) is 10.7. The number of amides is 1. The Kier molecular flexibility index (Phi) is 4.03. The molecule has 0 aliphatic heterocycles. The van der Waals surface area contributed by atoms with Gasteiger partial charge in [-0.25, -0.2) is 4.98 Å². The fraction of sp³-hybridized carbons (Fsp3) is 0.0769. The maximum atomic E-state index is 11.9. The highest BCUT2D eigenvalue weighted by Crippen LogP contribution is 2.20. The summed E-state index contributed by atoms with van der Waals surface area (Å²) in [6.07, 6.45) is 3.42. The molecule has 0 unspecified atom stereocenters. The molecule has 1 amide bonds. The lowest BCUT2D eigenvalue weighted by atomic mass is 10.4. The monoisotopic (exact) mass is 319 g/mol. The number of hydrogen-bond acceptors (Lipinski definition) is 5. The van der Waals surface area contributed by atoms with E-state index >= 15 is 0 Å². The Bertz CT molecular complexity index is 791. The summed E-state index contributed by atoms with van der Waals surface area (Å²) < 4.78 is 1.83. The van der Waals surface area contributed by atoms with Crippen molar-refractivity contribution in [1.29, 1.82) is 0 Å². The minimum Gasteiger partial charge on any atom is -0.323 e. The van der Waals surface area contributed by atoms with Crippen LogP contribution >= 0.6 is 23.4 Å². The van der Waals surface area contributed by atoms with E-state index in [-0.39, 0.29) is 16.8 Å². The average molecular weight is 320 g/mol. The number of aromatic nitrogens is 4. The van der Waals surface area contributed by atoms with Crippen molar-refractivity contribution >= 4 is 40.6 Å². The van der Waals surface area contributed by atoms with E-state index in [1.165, 1.54) is 11.8 Å². The van der Waals surface area contributed by atoms with E-state index in [2.05, 4.69) is 20.5 Å². The third kappa shape index (κ3) is 3.14. The Hall–Kier alpha value is -2.12. The molecule has 8 heteroatoms. The third-order valence-electron chi connectivity index (χ3n) is 2.65. The lowest BCUT2D eigenvalue weighted by Crippen LogP contribution is -2.14. The molecule has 0 saturated heterocycles. The van der Waals surface area contributed by atoms with Crippen LogP contribution in [0.3, 0.4) is 0 Å². The van der Waals surface area contributed by atoms with Crippen molar-refractivity contribution < 1.29 is 4.79 Å². The summed E-state index contributed by atoms with van der Waals surface area (Å²) in [5.41, 5.74) is 1.24. The summed E-state index contributed by atoms with van der Waals surface area (Å²) in [6.45, 7) is 0. The Labute approximate surface area is 129 Å². The first-order valence-corrected chi connectivity index (χ1v) is 7.43. The smallest absolute Gasteiger partial charge is 0.234 e. The summed E-state index contributed by atoms with van der Waals surface area (Å²) in [5, 5.41) is 11.7. The van der Waals surface area contributed by atoms with E-state index in [9.17, 15) is 4.79 Å². The Morgan fingerprint density at radius 1 is 1.29 bits per heavy atom. The van der Waals surface area contributed by atoms with Crippen LogP contribution in [0.1, 0.15) is 0 Å². The van der Waals surface area contributed by atoms with Gasteiger partial charge >= 0.3 is 0 Å². The van der Waals surface area contributed by atoms with Gasteiger partial charge in [-0.05, 0) is 24.3 Å². The molecular formula is C13H10ClN5OS. The molecule has 0 spiro atoms. The Balaban J connectivity index is 1.65. The van der Waals surface area contributed by atoms with Crippen LogP contribution in [0.4, 0.5) is 5.69 Å². The van der Waals surface area contributed by atoms with Gasteiger partial charge in [0.1, 0.15) is 0 Å². The summed E-state index contributed by atoms with van der Waals surface area (Å²) in [4.78, 5) is 15.8. The number of nitrogens with zero attached hydrogens (tertiary/aromatic N) is 4. The Morgan fingerprint density at radius 3 is 3.05 bits per heavy atom. The molecule has 3 aromatic rings. The number of nitrogens with one attached hydrogen (secondary N) is 1. The number of fused-ring (bicyclic) bond motifs is 1. The molecule has 0 atom stereocenters. The van der Waals surface area contributed by atoms with Crippen molar-refractivity contribution in [3.05, 3.63) is 47.9 Å². The summed E-state index contributed by atoms with van der Waals surface area (Å²) in [7, 11) is 0. The van der Waals surface area contributed by atoms with E-state index in [4.69, 9.17) is 11.6 Å². The third-order valence-corrected chi connectivity index (χ3v) is 3.89. The van der Waals surface area contributed by atoms with Crippen LogP contribution in [-0.4, -0.2) is 31.2 Å². The maximum absolute atomic E-state index is 11.9. The molecule has 3 aromatic heterocycles. The number of pyridine rings is 2. The fourth-order valence-electron chi connectivity index (χ4n) is 1.71. The van der Waals surface area contributed by atoms with Crippen molar-refractivity contribution in [2.24, 2.45) is 0 Å². The SMILES string of the molecule is O=C(CSc1nnc2ccccn12)Nc1cccnc1Cl. The van der Waals surface area contributed by atoms with E-state index in [0.29, 0.717) is 10.8 Å². The van der Waals surface area contributed by atoms with Gasteiger partial charge in [0, 0.05) is 12.4 Å². The van der Waals surface area contributed by atoms with Gasteiger partial charge < -0.3 is 5.32 Å². The van der Waals surface area contributed by atoms with Crippen molar-refractivity contribution in [1.82, 2.24) is 19.6 Å². The molecule has 0 radical (unpaired) electrons. The van der Waals surface area contributed by atoms with Gasteiger partial charge in [0.05, 0.1) is 11.4 Å². The van der Waals surface area contributed by atoms with Crippen molar-refractivity contribution in [3.8, 4) is 0 Å². The Morgan fingerprint density at radius 2 is 2.19 bits per heavy atom. The second-order valence-electron chi connectivity index (χ2n) is 4.09. The van der Waals surface area contributed by atoms with Crippen molar-refractivity contribution in [3.63, 3.8) is 0 Å². The predicted molar refractivity (Wildman–Crippen MR) is 81.6 cm³/mol. The second-order valence-corrected chi connectivity index (χ2v) is 5.39. The van der Waals surface area contributed by atoms with Crippen LogP contribution in [0.25, 0.3) is 5.65 Å². The lowest BCUT2D eigenvalue weighted by Gasteiger charge is -2.05. The number of rotatable bonds is 4. The standard InChI is InChI=1S/C13H10ClN5OS/c14-12-9(4-3-6-15-12)16-11(20)8-21-13-18-17-10-5-1-2-7-19(10)13/h1-7H,8H2,(H,16,20). The van der Waals surface area contributed by atoms with Gasteiger partial charge in [-0.1, -0.05) is 29.4 Å². The fourth-order valence-corrected chi connectivity index (χ4v) is 2.60. The van der Waals surface area contributed by atoms with Gasteiger partial charge in [0.15, 0.2) is 16.0 Å². The molecule has 0 aromatic carbocycles. The van der Waals surface area contributed by atoms with Gasteiger partial charge in [-0.3, -0.25) is 9.20 Å². The number of anilines is 1. The molecule has 3 heterocycles. The zero-order valence-electron chi connectivity index (χ0n) is 10.7. The molecular weight excluding hydrogens is 310 g/mol. The molecule has 0 aliphatic rings. The summed E-state index contributed by atoms with van der Waals surface area (Å²) in [5.74, 6) is 0.0311. The van der Waals surface area contributed by atoms with Gasteiger partial charge in [-0.2, -0.15) is 0 Å². The molecule has 1 N–H and O–H groups in total. The highest BCUT2D eigenvalue weighted by molar-refractivity contribution is 7.99. The number of thioether (sulfide) groups is 1. The second kappa shape index (κ2) is 6.11. The predicted octanol–water partition coefficient (Wildman–Crippen LogP) is 2.51. The average Bonchev–Trinajstić information content (AvgIpc) is 2.91. The van der Waals surface area contributed by atoms with E-state index in [1.54, 1.807) is 18.3 Å². The lowest BCUT2D eigenvalue weighted by molar-refractivity contribution is -0.113. The van der Waals surface area contributed by atoms with Crippen LogP contribution in [-0.2, 0) is 4.79 Å². The van der Waals surface area contributed by atoms with E-state index in [1.807, 2.05) is 28.8 Å². The highest BCUT2D eigenvalue weighted by atomic mass is 35.5. The first-order valence-electron chi connectivity index (χ1n) is 6.07. The highest BCUT2D eigenvalue weighted by Gasteiger charge is 2.10. The van der Waals surface area contributed by atoms with Gasteiger partial charge in [0.2, 0.25) is 5.91 Å². The first-order chi connectivity index (χ1) is 10.2.